The number of nitrogens with zero attached hydrogens (tertiary/aromatic N) is 1. The Hall–Kier alpha value is -0.810. The van der Waals surface area contributed by atoms with E-state index in [-0.39, 0.29) is 5.41 Å². The first kappa shape index (κ1) is 9.73. The molecule has 0 amide bonds. The van der Waals surface area contributed by atoms with Crippen LogP contribution >= 0.6 is 15.9 Å². The third-order valence-corrected chi connectivity index (χ3v) is 3.68. The monoisotopic (exact) mass is 249 g/mol. The van der Waals surface area contributed by atoms with Crippen molar-refractivity contribution >= 4 is 15.9 Å². The molecule has 72 valence electrons. The van der Waals surface area contributed by atoms with Gasteiger partial charge in [-0.1, -0.05) is 28.9 Å². The van der Waals surface area contributed by atoms with Crippen LogP contribution in [0.5, 0.6) is 0 Å². The van der Waals surface area contributed by atoms with Crippen molar-refractivity contribution in [1.29, 1.82) is 5.26 Å². The molecule has 2 atom stereocenters. The molecule has 1 fully saturated rings. The number of halogens is 1. The van der Waals surface area contributed by atoms with E-state index >= 15 is 0 Å². The quantitative estimate of drug-likeness (QED) is 0.747. The summed E-state index contributed by atoms with van der Waals surface area (Å²) in [4.78, 5) is 0. The Kier molecular flexibility index (Phi) is 2.16. The predicted molar refractivity (Wildman–Crippen MR) is 60.0 cm³/mol. The fourth-order valence-electron chi connectivity index (χ4n) is 2.09. The van der Waals surface area contributed by atoms with Crippen LogP contribution in [0.2, 0.25) is 0 Å². The number of hydrogen-bond donors (Lipinski definition) is 0. The molecule has 2 unspecified atom stereocenters. The zero-order valence-electron chi connectivity index (χ0n) is 8.34. The third kappa shape index (κ3) is 1.27. The normalized spacial score (nSPS) is 29.7. The van der Waals surface area contributed by atoms with E-state index in [0.29, 0.717) is 5.92 Å². The van der Waals surface area contributed by atoms with E-state index in [1.54, 1.807) is 0 Å². The lowest BCUT2D eigenvalue weighted by Gasteiger charge is -2.11. The Morgan fingerprint density at radius 3 is 2.71 bits per heavy atom. The van der Waals surface area contributed by atoms with Crippen LogP contribution in [0.3, 0.4) is 0 Å². The summed E-state index contributed by atoms with van der Waals surface area (Å²) in [5.41, 5.74) is 2.22. The molecule has 1 aliphatic rings. The second kappa shape index (κ2) is 3.10. The highest BCUT2D eigenvalue weighted by molar-refractivity contribution is 9.10. The van der Waals surface area contributed by atoms with Crippen LogP contribution in [-0.4, -0.2) is 0 Å². The molecule has 0 bridgehead atoms. The lowest BCUT2D eigenvalue weighted by Crippen LogP contribution is -2.08. The van der Waals surface area contributed by atoms with Gasteiger partial charge in [-0.3, -0.25) is 0 Å². The third-order valence-electron chi connectivity index (χ3n) is 3.19. The number of hydrogen-bond acceptors (Lipinski definition) is 1. The summed E-state index contributed by atoms with van der Waals surface area (Å²) in [5.74, 6) is 0.500. The molecule has 0 radical (unpaired) electrons. The molecule has 1 aliphatic carbocycles. The molecule has 1 saturated carbocycles. The highest BCUT2D eigenvalue weighted by atomic mass is 79.9. The van der Waals surface area contributed by atoms with E-state index in [4.69, 9.17) is 0 Å². The predicted octanol–water partition coefficient (Wildman–Crippen LogP) is 3.56. The standard InChI is InChI=1S/C12H12BrN/c1-8-3-4-10(13)5-11(8)12(7-14)6-9(12)2/h3-5,9H,6H2,1-2H3. The van der Waals surface area contributed by atoms with Crippen LogP contribution in [0.1, 0.15) is 24.5 Å². The van der Waals surface area contributed by atoms with Gasteiger partial charge in [-0.15, -0.1) is 0 Å². The van der Waals surface area contributed by atoms with E-state index in [1.807, 2.05) is 6.07 Å². The van der Waals surface area contributed by atoms with Gasteiger partial charge in [0.15, 0.2) is 0 Å². The molecule has 1 aromatic rings. The first-order valence-corrected chi connectivity index (χ1v) is 5.57. The van der Waals surface area contributed by atoms with E-state index in [2.05, 4.69) is 48.0 Å². The molecule has 14 heavy (non-hydrogen) atoms. The minimum atomic E-state index is -0.201. The van der Waals surface area contributed by atoms with Crippen LogP contribution in [0.4, 0.5) is 0 Å². The number of nitriles is 1. The number of rotatable bonds is 1. The van der Waals surface area contributed by atoms with E-state index in [1.165, 1.54) is 11.1 Å². The van der Waals surface area contributed by atoms with Gasteiger partial charge in [0.1, 0.15) is 0 Å². The van der Waals surface area contributed by atoms with Gasteiger partial charge >= 0.3 is 0 Å². The molecule has 0 heterocycles. The Morgan fingerprint density at radius 2 is 2.21 bits per heavy atom. The average molecular weight is 250 g/mol. The minimum Gasteiger partial charge on any atom is -0.197 e. The Balaban J connectivity index is 2.52. The molecular formula is C12H12BrN. The molecule has 0 aromatic heterocycles. The van der Waals surface area contributed by atoms with Gasteiger partial charge in [-0.25, -0.2) is 0 Å². The molecule has 2 heteroatoms. The topological polar surface area (TPSA) is 23.8 Å². The Morgan fingerprint density at radius 1 is 1.57 bits per heavy atom. The first-order chi connectivity index (χ1) is 6.60. The first-order valence-electron chi connectivity index (χ1n) is 4.78. The van der Waals surface area contributed by atoms with Gasteiger partial charge in [0.05, 0.1) is 11.5 Å². The largest absolute Gasteiger partial charge is 0.197 e. The lowest BCUT2D eigenvalue weighted by molar-refractivity contribution is 0.784. The van der Waals surface area contributed by atoms with Gasteiger partial charge in [0.2, 0.25) is 0 Å². The van der Waals surface area contributed by atoms with Gasteiger partial charge in [-0.2, -0.15) is 5.26 Å². The summed E-state index contributed by atoms with van der Waals surface area (Å²) < 4.78 is 1.06. The van der Waals surface area contributed by atoms with Crippen LogP contribution in [0.15, 0.2) is 22.7 Å². The molecule has 0 aliphatic heterocycles. The molecule has 2 rings (SSSR count). The average Bonchev–Trinajstić information content (AvgIpc) is 2.82. The zero-order chi connectivity index (χ0) is 10.3. The summed E-state index contributed by atoms with van der Waals surface area (Å²) in [7, 11) is 0. The van der Waals surface area contributed by atoms with Crippen LogP contribution < -0.4 is 0 Å². The molecular weight excluding hydrogens is 238 g/mol. The zero-order valence-corrected chi connectivity index (χ0v) is 9.93. The lowest BCUT2D eigenvalue weighted by atomic mass is 9.91. The van der Waals surface area contributed by atoms with Gasteiger partial charge in [0, 0.05) is 4.47 Å². The van der Waals surface area contributed by atoms with Crippen LogP contribution in [-0.2, 0) is 5.41 Å². The SMILES string of the molecule is Cc1ccc(Br)cc1C1(C#N)CC1C. The van der Waals surface area contributed by atoms with Crippen molar-refractivity contribution in [3.63, 3.8) is 0 Å². The maximum atomic E-state index is 9.23. The molecule has 1 aromatic carbocycles. The maximum absolute atomic E-state index is 9.23. The Bertz CT molecular complexity index is 419. The second-order valence-electron chi connectivity index (χ2n) is 4.15. The van der Waals surface area contributed by atoms with E-state index in [9.17, 15) is 5.26 Å². The highest BCUT2D eigenvalue weighted by Gasteiger charge is 2.53. The van der Waals surface area contributed by atoms with Crippen LogP contribution in [0, 0.1) is 24.2 Å². The van der Waals surface area contributed by atoms with Crippen molar-refractivity contribution in [2.45, 2.75) is 25.7 Å². The van der Waals surface area contributed by atoms with Crippen molar-refractivity contribution in [3.8, 4) is 6.07 Å². The molecule has 0 spiro atoms. The fraction of sp³-hybridized carbons (Fsp3) is 0.417. The summed E-state index contributed by atoms with van der Waals surface area (Å²) in [6.45, 7) is 4.22. The highest BCUT2D eigenvalue weighted by Crippen LogP contribution is 2.54. The smallest absolute Gasteiger partial charge is 0.0854 e. The summed E-state index contributed by atoms with van der Waals surface area (Å²) in [6.07, 6.45) is 1.00. The number of aryl methyl sites for hydroxylation is 1. The van der Waals surface area contributed by atoms with E-state index < -0.39 is 0 Å². The molecule has 0 N–H and O–H groups in total. The molecule has 0 saturated heterocycles. The van der Waals surface area contributed by atoms with E-state index in [0.717, 1.165) is 10.9 Å². The molecule has 1 nitrogen and oxygen atoms in total. The van der Waals surface area contributed by atoms with Crippen molar-refractivity contribution in [2.75, 3.05) is 0 Å². The van der Waals surface area contributed by atoms with Crippen LogP contribution in [0.25, 0.3) is 0 Å². The fourth-order valence-corrected chi connectivity index (χ4v) is 2.45. The summed E-state index contributed by atoms with van der Waals surface area (Å²) >= 11 is 3.46. The van der Waals surface area contributed by atoms with Gasteiger partial charge in [0.25, 0.3) is 0 Å². The van der Waals surface area contributed by atoms with Crippen molar-refractivity contribution < 1.29 is 0 Å². The Labute approximate surface area is 92.9 Å². The van der Waals surface area contributed by atoms with Gasteiger partial charge in [-0.05, 0) is 42.5 Å². The second-order valence-corrected chi connectivity index (χ2v) is 5.06. The minimum absolute atomic E-state index is 0.201. The van der Waals surface area contributed by atoms with Gasteiger partial charge < -0.3 is 0 Å². The number of benzene rings is 1. The van der Waals surface area contributed by atoms with Crippen molar-refractivity contribution in [2.24, 2.45) is 5.92 Å². The summed E-state index contributed by atoms with van der Waals surface area (Å²) in [6, 6.07) is 8.65. The van der Waals surface area contributed by atoms with Crippen molar-refractivity contribution in [1.82, 2.24) is 0 Å². The summed E-state index contributed by atoms with van der Waals surface area (Å²) in [5, 5.41) is 9.23. The maximum Gasteiger partial charge on any atom is 0.0854 e. The van der Waals surface area contributed by atoms with Crippen molar-refractivity contribution in [3.05, 3.63) is 33.8 Å².